The number of hydrogen-bond acceptors (Lipinski definition) is 3. The number of carbonyl (C=O) groups is 1. The van der Waals surface area contributed by atoms with Gasteiger partial charge in [0.15, 0.2) is 5.43 Å². The van der Waals surface area contributed by atoms with Gasteiger partial charge < -0.3 is 14.2 Å². The molecule has 3 rings (SSSR count). The predicted octanol–water partition coefficient (Wildman–Crippen LogP) is 4.44. The molecule has 2 aromatic heterocycles. The predicted molar refractivity (Wildman–Crippen MR) is 105 cm³/mol. The molecule has 0 aliphatic carbocycles. The molecule has 140 valence electrons. The average molecular weight is 427 g/mol. The first kappa shape index (κ1) is 19.5. The maximum absolute atomic E-state index is 12.6. The van der Waals surface area contributed by atoms with Gasteiger partial charge in [-0.2, -0.15) is 0 Å². The summed E-state index contributed by atoms with van der Waals surface area (Å²) in [6, 6.07) is 6.06. The van der Waals surface area contributed by atoms with Crippen LogP contribution in [0.15, 0.2) is 41.6 Å². The number of carboxylic acid groups (broad SMARTS) is 1. The summed E-state index contributed by atoms with van der Waals surface area (Å²) in [5, 5.41) is 10.6. The van der Waals surface area contributed by atoms with E-state index in [1.54, 1.807) is 27.3 Å². The summed E-state index contributed by atoms with van der Waals surface area (Å²) in [5.74, 6) is -1.31. The lowest BCUT2D eigenvalue weighted by atomic mass is 10.0. The van der Waals surface area contributed by atoms with E-state index in [2.05, 4.69) is 4.98 Å². The lowest BCUT2D eigenvalue weighted by Crippen LogP contribution is -2.24. The Kier molecular flexibility index (Phi) is 5.60. The minimum Gasteiger partial charge on any atom is -0.477 e. The van der Waals surface area contributed by atoms with E-state index in [0.717, 1.165) is 0 Å². The molecule has 0 radical (unpaired) electrons. The molecule has 9 heteroatoms. The normalized spacial score (nSPS) is 11.0. The minimum atomic E-state index is -1.31. The van der Waals surface area contributed by atoms with Crippen LogP contribution in [-0.2, 0) is 13.1 Å². The Balaban J connectivity index is 2.31. The topological polar surface area (TPSA) is 77.1 Å². The SMILES string of the molecule is CCn1c(Cn2cncc2Cl)cc(=O)c(C(=O)O)c1-c1ccc(Cl)c(Cl)c1. The third-order valence-electron chi connectivity index (χ3n) is 4.11. The van der Waals surface area contributed by atoms with E-state index in [-0.39, 0.29) is 22.8 Å². The van der Waals surface area contributed by atoms with Crippen LogP contribution >= 0.6 is 34.8 Å². The number of carboxylic acids is 1. The van der Waals surface area contributed by atoms with Gasteiger partial charge in [0.2, 0.25) is 0 Å². The van der Waals surface area contributed by atoms with Gasteiger partial charge in [-0.25, -0.2) is 9.78 Å². The molecular weight excluding hydrogens is 413 g/mol. The van der Waals surface area contributed by atoms with Gasteiger partial charge >= 0.3 is 5.97 Å². The number of hydrogen-bond donors (Lipinski definition) is 1. The van der Waals surface area contributed by atoms with Gasteiger partial charge in [-0.15, -0.1) is 0 Å². The van der Waals surface area contributed by atoms with Crippen molar-refractivity contribution in [2.24, 2.45) is 0 Å². The number of benzene rings is 1. The second-order valence-corrected chi connectivity index (χ2v) is 6.95. The maximum Gasteiger partial charge on any atom is 0.341 e. The molecule has 0 aliphatic rings. The third-order valence-corrected chi connectivity index (χ3v) is 5.17. The lowest BCUT2D eigenvalue weighted by Gasteiger charge is -2.20. The van der Waals surface area contributed by atoms with E-state index in [9.17, 15) is 14.7 Å². The number of halogens is 3. The zero-order chi connectivity index (χ0) is 19.7. The largest absolute Gasteiger partial charge is 0.477 e. The summed E-state index contributed by atoms with van der Waals surface area (Å²) in [4.78, 5) is 28.4. The Morgan fingerprint density at radius 2 is 1.93 bits per heavy atom. The number of nitrogens with zero attached hydrogens (tertiary/aromatic N) is 3. The fourth-order valence-electron chi connectivity index (χ4n) is 2.93. The van der Waals surface area contributed by atoms with Gasteiger partial charge in [0.1, 0.15) is 10.7 Å². The summed E-state index contributed by atoms with van der Waals surface area (Å²) in [5.41, 5.74) is 0.422. The summed E-state index contributed by atoms with van der Waals surface area (Å²) in [7, 11) is 0. The quantitative estimate of drug-likeness (QED) is 0.654. The van der Waals surface area contributed by atoms with E-state index in [0.29, 0.717) is 28.0 Å². The standard InChI is InChI=1S/C18H14Cl3N3O3/c1-2-24-11(8-23-9-22-7-15(23)21)6-14(25)16(18(26)27)17(24)10-3-4-12(19)13(20)5-10/h3-7,9H,2,8H2,1H3,(H,26,27). The maximum atomic E-state index is 12.6. The van der Waals surface area contributed by atoms with E-state index < -0.39 is 11.4 Å². The van der Waals surface area contributed by atoms with Crippen molar-refractivity contribution in [1.82, 2.24) is 14.1 Å². The Morgan fingerprint density at radius 1 is 1.19 bits per heavy atom. The highest BCUT2D eigenvalue weighted by atomic mass is 35.5. The van der Waals surface area contributed by atoms with Crippen molar-refractivity contribution in [1.29, 1.82) is 0 Å². The number of aromatic carboxylic acids is 1. The van der Waals surface area contributed by atoms with Crippen LogP contribution < -0.4 is 5.43 Å². The summed E-state index contributed by atoms with van der Waals surface area (Å²) in [6.07, 6.45) is 3.03. The summed E-state index contributed by atoms with van der Waals surface area (Å²) >= 11 is 18.2. The number of imidazole rings is 1. The van der Waals surface area contributed by atoms with Crippen LogP contribution in [0.1, 0.15) is 23.0 Å². The molecule has 0 fully saturated rings. The van der Waals surface area contributed by atoms with Crippen LogP contribution in [0.25, 0.3) is 11.3 Å². The molecule has 6 nitrogen and oxygen atoms in total. The second kappa shape index (κ2) is 7.76. The van der Waals surface area contributed by atoms with Crippen LogP contribution in [0.5, 0.6) is 0 Å². The molecular formula is C18H14Cl3N3O3. The van der Waals surface area contributed by atoms with Crippen molar-refractivity contribution in [2.45, 2.75) is 20.0 Å². The summed E-state index contributed by atoms with van der Waals surface area (Å²) < 4.78 is 3.41. The molecule has 0 bridgehead atoms. The van der Waals surface area contributed by atoms with Crippen molar-refractivity contribution in [2.75, 3.05) is 0 Å². The lowest BCUT2D eigenvalue weighted by molar-refractivity contribution is 0.0695. The molecule has 0 saturated carbocycles. The fraction of sp³-hybridized carbons (Fsp3) is 0.167. The van der Waals surface area contributed by atoms with Gasteiger partial charge in [-0.3, -0.25) is 4.79 Å². The molecule has 3 aromatic rings. The Labute approximate surface area is 169 Å². The van der Waals surface area contributed by atoms with Crippen molar-refractivity contribution < 1.29 is 9.90 Å². The average Bonchev–Trinajstić information content (AvgIpc) is 3.01. The van der Waals surface area contributed by atoms with E-state index >= 15 is 0 Å². The van der Waals surface area contributed by atoms with Crippen LogP contribution in [0, 0.1) is 0 Å². The van der Waals surface area contributed by atoms with Gasteiger partial charge in [0, 0.05) is 23.9 Å². The molecule has 0 spiro atoms. The Hall–Kier alpha value is -2.28. The molecule has 0 unspecified atom stereocenters. The number of rotatable bonds is 5. The van der Waals surface area contributed by atoms with Gasteiger partial charge in [-0.1, -0.05) is 40.9 Å². The van der Waals surface area contributed by atoms with Gasteiger partial charge in [0.25, 0.3) is 0 Å². The van der Waals surface area contributed by atoms with E-state index in [1.165, 1.54) is 18.6 Å². The van der Waals surface area contributed by atoms with Crippen molar-refractivity contribution in [3.8, 4) is 11.3 Å². The number of pyridine rings is 1. The van der Waals surface area contributed by atoms with Gasteiger partial charge in [-0.05, 0) is 19.1 Å². The molecule has 27 heavy (non-hydrogen) atoms. The first-order valence-electron chi connectivity index (χ1n) is 7.94. The van der Waals surface area contributed by atoms with Crippen LogP contribution in [0.2, 0.25) is 15.2 Å². The van der Waals surface area contributed by atoms with Crippen molar-refractivity contribution >= 4 is 40.8 Å². The highest BCUT2D eigenvalue weighted by Gasteiger charge is 2.22. The fourth-order valence-corrected chi connectivity index (χ4v) is 3.39. The highest BCUT2D eigenvalue weighted by molar-refractivity contribution is 6.42. The summed E-state index contributed by atoms with van der Waals surface area (Å²) in [6.45, 7) is 2.55. The minimum absolute atomic E-state index is 0.260. The monoisotopic (exact) mass is 425 g/mol. The molecule has 0 atom stereocenters. The Bertz CT molecular complexity index is 1090. The zero-order valence-electron chi connectivity index (χ0n) is 14.1. The molecule has 0 aliphatic heterocycles. The zero-order valence-corrected chi connectivity index (χ0v) is 16.4. The van der Waals surface area contributed by atoms with E-state index in [4.69, 9.17) is 34.8 Å². The van der Waals surface area contributed by atoms with Crippen LogP contribution in [0.3, 0.4) is 0 Å². The highest BCUT2D eigenvalue weighted by Crippen LogP contribution is 2.30. The first-order chi connectivity index (χ1) is 12.8. The smallest absolute Gasteiger partial charge is 0.341 e. The van der Waals surface area contributed by atoms with Crippen molar-refractivity contribution in [3.05, 3.63) is 73.5 Å². The number of aromatic nitrogens is 3. The Morgan fingerprint density at radius 3 is 2.48 bits per heavy atom. The third kappa shape index (κ3) is 3.74. The van der Waals surface area contributed by atoms with Crippen LogP contribution in [-0.4, -0.2) is 25.2 Å². The van der Waals surface area contributed by atoms with Crippen molar-refractivity contribution in [3.63, 3.8) is 0 Å². The van der Waals surface area contributed by atoms with Gasteiger partial charge in [0.05, 0.1) is 34.8 Å². The van der Waals surface area contributed by atoms with E-state index in [1.807, 2.05) is 6.92 Å². The molecule has 2 heterocycles. The van der Waals surface area contributed by atoms with Crippen LogP contribution in [0.4, 0.5) is 0 Å². The molecule has 0 saturated heterocycles. The first-order valence-corrected chi connectivity index (χ1v) is 9.08. The molecule has 1 aromatic carbocycles. The second-order valence-electron chi connectivity index (χ2n) is 5.75. The molecule has 0 amide bonds. The molecule has 1 N–H and O–H groups in total.